The molecule has 1 aromatic carbocycles. The number of piperidine rings is 1. The molecular formula is C24H34N4O4S. The third-order valence-electron chi connectivity index (χ3n) is 5.61. The fourth-order valence-corrected chi connectivity index (χ4v) is 5.40. The van der Waals surface area contributed by atoms with E-state index in [1.54, 1.807) is 30.3 Å². The summed E-state index contributed by atoms with van der Waals surface area (Å²) in [6.45, 7) is 9.93. The first kappa shape index (κ1) is 25.0. The van der Waals surface area contributed by atoms with Gasteiger partial charge in [-0.05, 0) is 57.4 Å². The van der Waals surface area contributed by atoms with Crippen LogP contribution in [0.4, 0.5) is 11.4 Å². The number of ether oxygens (including phenoxy) is 1. The molecule has 1 fully saturated rings. The van der Waals surface area contributed by atoms with Crippen LogP contribution >= 0.6 is 0 Å². The van der Waals surface area contributed by atoms with Crippen LogP contribution in [0.1, 0.15) is 57.3 Å². The van der Waals surface area contributed by atoms with E-state index in [4.69, 9.17) is 4.74 Å². The molecule has 1 saturated heterocycles. The number of hydrogen-bond donors (Lipinski definition) is 1. The summed E-state index contributed by atoms with van der Waals surface area (Å²) in [6, 6.07) is 8.31. The Hall–Kier alpha value is -2.65. The standard InChI is InChI=1S/C24H34N4O4S/c1-5-28(6-2)33(30,31)20-11-12-22(27-14-8-7-9-15-27)21(16-20)26-24(29)19-10-13-23(25-17-19)32-18(3)4/h10-13,16-18H,5-9,14-15H2,1-4H3,(H,26,29). The predicted molar refractivity (Wildman–Crippen MR) is 131 cm³/mol. The van der Waals surface area contributed by atoms with Gasteiger partial charge < -0.3 is 15.0 Å². The normalized spacial score (nSPS) is 14.5. The van der Waals surface area contributed by atoms with Gasteiger partial charge >= 0.3 is 0 Å². The molecule has 8 nitrogen and oxygen atoms in total. The van der Waals surface area contributed by atoms with Crippen molar-refractivity contribution < 1.29 is 17.9 Å². The summed E-state index contributed by atoms with van der Waals surface area (Å²) in [7, 11) is -3.65. The third kappa shape index (κ3) is 6.03. The van der Waals surface area contributed by atoms with Crippen molar-refractivity contribution in [3.8, 4) is 5.88 Å². The molecule has 33 heavy (non-hydrogen) atoms. The number of pyridine rings is 1. The Morgan fingerprint density at radius 1 is 1.12 bits per heavy atom. The van der Waals surface area contributed by atoms with Gasteiger partial charge in [-0.2, -0.15) is 4.31 Å². The summed E-state index contributed by atoms with van der Waals surface area (Å²) < 4.78 is 33.1. The van der Waals surface area contributed by atoms with Crippen molar-refractivity contribution in [1.82, 2.24) is 9.29 Å². The number of carbonyl (C=O) groups is 1. The predicted octanol–water partition coefficient (Wildman–Crippen LogP) is 4.14. The van der Waals surface area contributed by atoms with E-state index in [-0.39, 0.29) is 16.9 Å². The summed E-state index contributed by atoms with van der Waals surface area (Å²) in [4.78, 5) is 19.6. The van der Waals surface area contributed by atoms with Crippen LogP contribution < -0.4 is 15.0 Å². The number of benzene rings is 1. The molecule has 1 N–H and O–H groups in total. The molecule has 2 heterocycles. The summed E-state index contributed by atoms with van der Waals surface area (Å²) >= 11 is 0. The van der Waals surface area contributed by atoms with Crippen molar-refractivity contribution in [2.45, 2.75) is 58.0 Å². The summed E-state index contributed by atoms with van der Waals surface area (Å²) in [5.41, 5.74) is 1.68. The smallest absolute Gasteiger partial charge is 0.257 e. The zero-order chi connectivity index (χ0) is 24.0. The average Bonchev–Trinajstić information content (AvgIpc) is 2.80. The van der Waals surface area contributed by atoms with E-state index in [0.717, 1.165) is 31.6 Å². The molecule has 1 aliphatic heterocycles. The van der Waals surface area contributed by atoms with Crippen molar-refractivity contribution in [2.24, 2.45) is 0 Å². The fraction of sp³-hybridized carbons (Fsp3) is 0.500. The molecule has 3 rings (SSSR count). The Morgan fingerprint density at radius 2 is 1.82 bits per heavy atom. The molecule has 2 aromatic rings. The molecule has 0 spiro atoms. The van der Waals surface area contributed by atoms with Crippen LogP contribution in [0.5, 0.6) is 5.88 Å². The maximum atomic E-state index is 13.1. The molecule has 0 atom stereocenters. The maximum absolute atomic E-state index is 13.1. The lowest BCUT2D eigenvalue weighted by atomic mass is 10.1. The van der Waals surface area contributed by atoms with Crippen LogP contribution in [0.15, 0.2) is 41.4 Å². The minimum absolute atomic E-state index is 0.0141. The van der Waals surface area contributed by atoms with E-state index in [0.29, 0.717) is 30.2 Å². The number of aromatic nitrogens is 1. The maximum Gasteiger partial charge on any atom is 0.257 e. The lowest BCUT2D eigenvalue weighted by Gasteiger charge is -2.31. The first-order valence-corrected chi connectivity index (χ1v) is 13.0. The second-order valence-electron chi connectivity index (χ2n) is 8.32. The third-order valence-corrected chi connectivity index (χ3v) is 7.66. The number of nitrogens with one attached hydrogen (secondary N) is 1. The molecule has 1 aliphatic rings. The van der Waals surface area contributed by atoms with Crippen molar-refractivity contribution in [3.05, 3.63) is 42.1 Å². The first-order chi connectivity index (χ1) is 15.8. The number of amides is 1. The van der Waals surface area contributed by atoms with Crippen molar-refractivity contribution in [3.63, 3.8) is 0 Å². The fourth-order valence-electron chi connectivity index (χ4n) is 3.92. The number of rotatable bonds is 9. The quantitative estimate of drug-likeness (QED) is 0.587. The second-order valence-corrected chi connectivity index (χ2v) is 10.3. The minimum atomic E-state index is -3.65. The van der Waals surface area contributed by atoms with Gasteiger partial charge in [0, 0.05) is 38.4 Å². The highest BCUT2D eigenvalue weighted by Crippen LogP contribution is 2.32. The molecule has 0 unspecified atom stereocenters. The summed E-state index contributed by atoms with van der Waals surface area (Å²) in [6.07, 6.45) is 4.75. The van der Waals surface area contributed by atoms with E-state index >= 15 is 0 Å². The van der Waals surface area contributed by atoms with Gasteiger partial charge in [-0.25, -0.2) is 13.4 Å². The van der Waals surface area contributed by atoms with E-state index in [1.165, 1.54) is 16.9 Å². The van der Waals surface area contributed by atoms with E-state index < -0.39 is 10.0 Å². The number of nitrogens with zero attached hydrogens (tertiary/aromatic N) is 3. The Labute approximate surface area is 197 Å². The number of carbonyl (C=O) groups excluding carboxylic acids is 1. The highest BCUT2D eigenvalue weighted by atomic mass is 32.2. The topological polar surface area (TPSA) is 91.8 Å². The van der Waals surface area contributed by atoms with Crippen LogP contribution in [0, 0.1) is 0 Å². The summed E-state index contributed by atoms with van der Waals surface area (Å²) in [5.74, 6) is 0.0945. The van der Waals surface area contributed by atoms with Gasteiger partial charge in [0.1, 0.15) is 0 Å². The minimum Gasteiger partial charge on any atom is -0.475 e. The Bertz CT molecular complexity index is 1040. The Morgan fingerprint density at radius 3 is 2.39 bits per heavy atom. The average molecular weight is 475 g/mol. The Balaban J connectivity index is 1.93. The second kappa shape index (κ2) is 11.0. The van der Waals surface area contributed by atoms with Gasteiger partial charge in [0.05, 0.1) is 27.9 Å². The number of sulfonamides is 1. The molecular weight excluding hydrogens is 440 g/mol. The SMILES string of the molecule is CCN(CC)S(=O)(=O)c1ccc(N2CCCCC2)c(NC(=O)c2ccc(OC(C)C)nc2)c1. The van der Waals surface area contributed by atoms with Crippen LogP contribution in [0.3, 0.4) is 0 Å². The van der Waals surface area contributed by atoms with Gasteiger partial charge in [0.25, 0.3) is 5.91 Å². The highest BCUT2D eigenvalue weighted by Gasteiger charge is 2.25. The van der Waals surface area contributed by atoms with Gasteiger partial charge in [0.15, 0.2) is 0 Å². The lowest BCUT2D eigenvalue weighted by Crippen LogP contribution is -2.32. The van der Waals surface area contributed by atoms with Gasteiger partial charge in [-0.1, -0.05) is 13.8 Å². The molecule has 0 aliphatic carbocycles. The number of hydrogen-bond acceptors (Lipinski definition) is 6. The van der Waals surface area contributed by atoms with Gasteiger partial charge in [0.2, 0.25) is 15.9 Å². The monoisotopic (exact) mass is 474 g/mol. The zero-order valence-electron chi connectivity index (χ0n) is 19.9. The number of anilines is 2. The largest absolute Gasteiger partial charge is 0.475 e. The van der Waals surface area contributed by atoms with Crippen molar-refractivity contribution in [1.29, 1.82) is 0 Å². The lowest BCUT2D eigenvalue weighted by molar-refractivity contribution is 0.102. The molecule has 180 valence electrons. The van der Waals surface area contributed by atoms with Crippen molar-refractivity contribution in [2.75, 3.05) is 36.4 Å². The highest BCUT2D eigenvalue weighted by molar-refractivity contribution is 7.89. The van der Waals surface area contributed by atoms with Crippen LogP contribution in [-0.4, -0.2) is 55.9 Å². The van der Waals surface area contributed by atoms with Crippen LogP contribution in [0.2, 0.25) is 0 Å². The Kier molecular flexibility index (Phi) is 8.31. The molecule has 0 saturated carbocycles. The van der Waals surface area contributed by atoms with Crippen LogP contribution in [-0.2, 0) is 10.0 Å². The molecule has 0 bridgehead atoms. The van der Waals surface area contributed by atoms with Crippen LogP contribution in [0.25, 0.3) is 0 Å². The van der Waals surface area contributed by atoms with E-state index in [2.05, 4.69) is 15.2 Å². The van der Waals surface area contributed by atoms with E-state index in [9.17, 15) is 13.2 Å². The van der Waals surface area contributed by atoms with E-state index in [1.807, 2.05) is 27.7 Å². The van der Waals surface area contributed by atoms with Gasteiger partial charge in [-0.3, -0.25) is 4.79 Å². The molecule has 1 aromatic heterocycles. The van der Waals surface area contributed by atoms with Gasteiger partial charge in [-0.15, -0.1) is 0 Å². The summed E-state index contributed by atoms with van der Waals surface area (Å²) in [5, 5.41) is 2.93. The molecule has 1 amide bonds. The first-order valence-electron chi connectivity index (χ1n) is 11.6. The van der Waals surface area contributed by atoms with Crippen molar-refractivity contribution >= 4 is 27.3 Å². The molecule has 0 radical (unpaired) electrons. The zero-order valence-corrected chi connectivity index (χ0v) is 20.7. The molecule has 9 heteroatoms.